The van der Waals surface area contributed by atoms with E-state index >= 15 is 0 Å². The Morgan fingerprint density at radius 2 is 1.77 bits per heavy atom. The molecule has 31 heavy (non-hydrogen) atoms. The lowest BCUT2D eigenvalue weighted by Gasteiger charge is -2.20. The van der Waals surface area contributed by atoms with Crippen molar-refractivity contribution in [2.24, 2.45) is 0 Å². The number of pyridine rings is 1. The van der Waals surface area contributed by atoms with E-state index in [9.17, 15) is 9.59 Å². The highest BCUT2D eigenvalue weighted by molar-refractivity contribution is 6.04. The topological polar surface area (TPSA) is 66.1 Å². The standard InChI is InChI=1S/C25H25N3O3/c1-31-21-13-7-12-19-22(21)26-16-20-23(19)28(18-10-5-6-11-18)25(30)27(24(20)29)15-14-17-8-3-2-4-9-17/h2-4,7-9,12-13,16,18H,5-6,10-11,14-15H2,1H3. The normalized spacial score (nSPS) is 14.5. The number of para-hydroxylation sites is 1. The lowest BCUT2D eigenvalue weighted by molar-refractivity contribution is 0.419. The second kappa shape index (κ2) is 8.02. The Bertz CT molecular complexity index is 1370. The fourth-order valence-corrected chi connectivity index (χ4v) is 4.80. The van der Waals surface area contributed by atoms with Crippen LogP contribution in [0.5, 0.6) is 5.75 Å². The number of rotatable bonds is 5. The van der Waals surface area contributed by atoms with Crippen LogP contribution in [0.3, 0.4) is 0 Å². The van der Waals surface area contributed by atoms with Crippen LogP contribution in [0.15, 0.2) is 64.3 Å². The average molecular weight is 415 g/mol. The Labute approximate surface area is 179 Å². The molecule has 1 fully saturated rings. The molecule has 0 amide bonds. The van der Waals surface area contributed by atoms with Gasteiger partial charge in [0.2, 0.25) is 0 Å². The molecule has 6 heteroatoms. The molecule has 0 spiro atoms. The Morgan fingerprint density at radius 3 is 2.52 bits per heavy atom. The fraction of sp³-hybridized carbons (Fsp3) is 0.320. The molecule has 0 N–H and O–H groups in total. The van der Waals surface area contributed by atoms with Crippen molar-refractivity contribution in [2.45, 2.75) is 44.7 Å². The second-order valence-corrected chi connectivity index (χ2v) is 8.16. The van der Waals surface area contributed by atoms with Gasteiger partial charge in [0.1, 0.15) is 11.3 Å². The molecule has 0 radical (unpaired) electrons. The van der Waals surface area contributed by atoms with E-state index < -0.39 is 0 Å². The number of nitrogens with zero attached hydrogens (tertiary/aromatic N) is 3. The SMILES string of the molecule is COc1cccc2c1ncc1c(=O)n(CCc3ccccc3)c(=O)n(C3CCCC3)c12. The van der Waals surface area contributed by atoms with Gasteiger partial charge < -0.3 is 4.74 Å². The number of hydrogen-bond acceptors (Lipinski definition) is 4. The first-order valence-corrected chi connectivity index (χ1v) is 10.8. The van der Waals surface area contributed by atoms with Crippen LogP contribution in [0, 0.1) is 0 Å². The van der Waals surface area contributed by atoms with Gasteiger partial charge in [0.05, 0.1) is 18.0 Å². The lowest BCUT2D eigenvalue weighted by atomic mass is 10.1. The number of benzene rings is 2. The second-order valence-electron chi connectivity index (χ2n) is 8.16. The van der Waals surface area contributed by atoms with Crippen molar-refractivity contribution in [3.8, 4) is 5.75 Å². The van der Waals surface area contributed by atoms with Crippen molar-refractivity contribution in [3.05, 3.63) is 81.1 Å². The molecule has 2 aromatic carbocycles. The number of aromatic nitrogens is 3. The van der Waals surface area contributed by atoms with E-state index in [1.165, 1.54) is 4.57 Å². The van der Waals surface area contributed by atoms with Crippen LogP contribution in [-0.2, 0) is 13.0 Å². The van der Waals surface area contributed by atoms with Crippen molar-refractivity contribution in [1.29, 1.82) is 0 Å². The largest absolute Gasteiger partial charge is 0.494 e. The number of hydrogen-bond donors (Lipinski definition) is 0. The first-order chi connectivity index (χ1) is 15.2. The summed E-state index contributed by atoms with van der Waals surface area (Å²) in [7, 11) is 1.60. The molecular formula is C25H25N3O3. The predicted molar refractivity (Wildman–Crippen MR) is 122 cm³/mol. The zero-order valence-electron chi connectivity index (χ0n) is 17.6. The maximum atomic E-state index is 13.7. The van der Waals surface area contributed by atoms with Gasteiger partial charge in [0.25, 0.3) is 5.56 Å². The molecule has 1 saturated carbocycles. The van der Waals surface area contributed by atoms with Gasteiger partial charge in [0.15, 0.2) is 0 Å². The number of ether oxygens (including phenoxy) is 1. The number of fused-ring (bicyclic) bond motifs is 3. The van der Waals surface area contributed by atoms with Crippen LogP contribution in [0.1, 0.15) is 37.3 Å². The summed E-state index contributed by atoms with van der Waals surface area (Å²) in [5.74, 6) is 0.637. The van der Waals surface area contributed by atoms with Gasteiger partial charge in [0, 0.05) is 24.2 Å². The van der Waals surface area contributed by atoms with Gasteiger partial charge in [-0.2, -0.15) is 0 Å². The van der Waals surface area contributed by atoms with E-state index in [0.717, 1.165) is 36.6 Å². The first kappa shape index (κ1) is 19.5. The van der Waals surface area contributed by atoms with Gasteiger partial charge in [-0.15, -0.1) is 0 Å². The molecule has 4 aromatic rings. The van der Waals surface area contributed by atoms with Gasteiger partial charge >= 0.3 is 5.69 Å². The molecule has 0 unspecified atom stereocenters. The monoisotopic (exact) mass is 415 g/mol. The lowest BCUT2D eigenvalue weighted by Crippen LogP contribution is -2.41. The van der Waals surface area contributed by atoms with Crippen LogP contribution >= 0.6 is 0 Å². The number of aryl methyl sites for hydroxylation is 1. The highest BCUT2D eigenvalue weighted by Gasteiger charge is 2.25. The Kier molecular flexibility index (Phi) is 5.06. The molecule has 0 aliphatic heterocycles. The van der Waals surface area contributed by atoms with Gasteiger partial charge in [-0.3, -0.25) is 18.9 Å². The molecule has 1 aliphatic carbocycles. The molecule has 6 nitrogen and oxygen atoms in total. The summed E-state index contributed by atoms with van der Waals surface area (Å²) < 4.78 is 8.73. The summed E-state index contributed by atoms with van der Waals surface area (Å²) in [5.41, 5.74) is 1.95. The third kappa shape index (κ3) is 3.32. The Morgan fingerprint density at radius 1 is 1.00 bits per heavy atom. The summed E-state index contributed by atoms with van der Waals surface area (Å²) in [6.07, 6.45) is 6.30. The van der Waals surface area contributed by atoms with E-state index in [0.29, 0.717) is 35.1 Å². The Balaban J connectivity index is 1.77. The highest BCUT2D eigenvalue weighted by Crippen LogP contribution is 2.34. The molecule has 1 aliphatic rings. The van der Waals surface area contributed by atoms with Crippen molar-refractivity contribution >= 4 is 21.8 Å². The third-order valence-corrected chi connectivity index (χ3v) is 6.36. The van der Waals surface area contributed by atoms with Crippen molar-refractivity contribution in [3.63, 3.8) is 0 Å². The minimum absolute atomic E-state index is 0.0929. The summed E-state index contributed by atoms with van der Waals surface area (Å²) in [6.45, 7) is 0.348. The smallest absolute Gasteiger partial charge is 0.331 e. The predicted octanol–water partition coefficient (Wildman–Crippen LogP) is 4.08. The molecular weight excluding hydrogens is 390 g/mol. The third-order valence-electron chi connectivity index (χ3n) is 6.36. The van der Waals surface area contributed by atoms with Crippen LogP contribution in [0.4, 0.5) is 0 Å². The average Bonchev–Trinajstić information content (AvgIpc) is 3.33. The molecule has 2 heterocycles. The zero-order chi connectivity index (χ0) is 21.4. The maximum absolute atomic E-state index is 13.7. The highest BCUT2D eigenvalue weighted by atomic mass is 16.5. The summed E-state index contributed by atoms with van der Waals surface area (Å²) in [6, 6.07) is 15.7. The van der Waals surface area contributed by atoms with Crippen molar-refractivity contribution in [1.82, 2.24) is 14.1 Å². The first-order valence-electron chi connectivity index (χ1n) is 10.8. The Hall–Kier alpha value is -3.41. The van der Waals surface area contributed by atoms with Crippen LogP contribution in [-0.4, -0.2) is 21.2 Å². The van der Waals surface area contributed by atoms with E-state index in [-0.39, 0.29) is 17.3 Å². The van der Waals surface area contributed by atoms with Crippen molar-refractivity contribution < 1.29 is 4.74 Å². The molecule has 0 atom stereocenters. The van der Waals surface area contributed by atoms with E-state index in [1.54, 1.807) is 13.3 Å². The van der Waals surface area contributed by atoms with Crippen LogP contribution in [0.2, 0.25) is 0 Å². The van der Waals surface area contributed by atoms with Gasteiger partial charge in [-0.05, 0) is 30.9 Å². The van der Waals surface area contributed by atoms with Crippen molar-refractivity contribution in [2.75, 3.05) is 7.11 Å². The fourth-order valence-electron chi connectivity index (χ4n) is 4.80. The summed E-state index contributed by atoms with van der Waals surface area (Å²) in [4.78, 5) is 31.6. The van der Waals surface area contributed by atoms with E-state index in [4.69, 9.17) is 4.74 Å². The molecule has 0 bridgehead atoms. The van der Waals surface area contributed by atoms with E-state index in [1.807, 2.05) is 53.1 Å². The van der Waals surface area contributed by atoms with Crippen LogP contribution < -0.4 is 16.0 Å². The zero-order valence-corrected chi connectivity index (χ0v) is 17.6. The summed E-state index contributed by atoms with van der Waals surface area (Å²) >= 11 is 0. The molecule has 158 valence electrons. The van der Waals surface area contributed by atoms with Gasteiger partial charge in [-0.25, -0.2) is 4.79 Å². The number of methoxy groups -OCH3 is 1. The van der Waals surface area contributed by atoms with Crippen LogP contribution in [0.25, 0.3) is 21.8 Å². The minimum atomic E-state index is -0.276. The summed E-state index contributed by atoms with van der Waals surface area (Å²) in [5, 5.41) is 1.27. The molecule has 0 saturated heterocycles. The molecule has 5 rings (SSSR count). The minimum Gasteiger partial charge on any atom is -0.494 e. The van der Waals surface area contributed by atoms with Gasteiger partial charge in [-0.1, -0.05) is 55.3 Å². The quantitative estimate of drug-likeness (QED) is 0.461. The molecule has 2 aromatic heterocycles. The maximum Gasteiger partial charge on any atom is 0.331 e. The van der Waals surface area contributed by atoms with E-state index in [2.05, 4.69) is 4.98 Å².